The SMILES string of the molecule is FC1(F)CCCC1CN1CCCC1CCl. The van der Waals surface area contributed by atoms with Gasteiger partial charge in [0.1, 0.15) is 0 Å². The zero-order valence-electron chi connectivity index (χ0n) is 8.89. The van der Waals surface area contributed by atoms with Gasteiger partial charge in [-0.25, -0.2) is 8.78 Å². The second-order valence-electron chi connectivity index (χ2n) is 4.80. The molecule has 2 aliphatic rings. The van der Waals surface area contributed by atoms with Crippen molar-refractivity contribution in [2.24, 2.45) is 5.92 Å². The van der Waals surface area contributed by atoms with Gasteiger partial charge in [0.15, 0.2) is 0 Å². The third kappa shape index (κ3) is 2.44. The Morgan fingerprint density at radius 3 is 2.67 bits per heavy atom. The summed E-state index contributed by atoms with van der Waals surface area (Å²) >= 11 is 5.83. The van der Waals surface area contributed by atoms with E-state index < -0.39 is 11.8 Å². The molecule has 2 atom stereocenters. The number of likely N-dealkylation sites (tertiary alicyclic amines) is 1. The molecule has 15 heavy (non-hydrogen) atoms. The standard InChI is InChI=1S/C11H18ClF2N/c12-7-10-4-2-6-15(10)8-9-3-1-5-11(9,13)14/h9-10H,1-8H2. The van der Waals surface area contributed by atoms with Gasteiger partial charge >= 0.3 is 0 Å². The largest absolute Gasteiger partial charge is 0.299 e. The average molecular weight is 238 g/mol. The summed E-state index contributed by atoms with van der Waals surface area (Å²) in [5, 5.41) is 0. The minimum atomic E-state index is -2.43. The molecule has 1 aliphatic carbocycles. The van der Waals surface area contributed by atoms with Crippen LogP contribution in [0.25, 0.3) is 0 Å². The van der Waals surface area contributed by atoms with Gasteiger partial charge in [0.2, 0.25) is 0 Å². The first-order valence-electron chi connectivity index (χ1n) is 5.81. The van der Waals surface area contributed by atoms with Crippen LogP contribution in [0.4, 0.5) is 8.78 Å². The third-order valence-electron chi connectivity index (χ3n) is 3.79. The number of nitrogens with zero attached hydrogens (tertiary/aromatic N) is 1. The van der Waals surface area contributed by atoms with Crippen molar-refractivity contribution in [2.45, 2.75) is 44.1 Å². The molecule has 0 amide bonds. The first-order chi connectivity index (χ1) is 7.13. The van der Waals surface area contributed by atoms with E-state index in [1.807, 2.05) is 0 Å². The second kappa shape index (κ2) is 4.54. The van der Waals surface area contributed by atoms with Crippen molar-refractivity contribution in [3.05, 3.63) is 0 Å². The summed E-state index contributed by atoms with van der Waals surface area (Å²) in [5.74, 6) is -2.28. The molecule has 1 saturated carbocycles. The predicted molar refractivity (Wildman–Crippen MR) is 57.6 cm³/mol. The zero-order chi connectivity index (χ0) is 10.9. The van der Waals surface area contributed by atoms with Gasteiger partial charge in [0.05, 0.1) is 0 Å². The van der Waals surface area contributed by atoms with Crippen LogP contribution in [0.1, 0.15) is 32.1 Å². The number of alkyl halides is 3. The van der Waals surface area contributed by atoms with E-state index in [2.05, 4.69) is 4.90 Å². The first kappa shape index (κ1) is 11.6. The topological polar surface area (TPSA) is 3.24 Å². The van der Waals surface area contributed by atoms with Gasteiger partial charge in [-0.05, 0) is 32.2 Å². The predicted octanol–water partition coefficient (Wildman–Crippen LogP) is 3.13. The van der Waals surface area contributed by atoms with Crippen LogP contribution in [0.3, 0.4) is 0 Å². The van der Waals surface area contributed by atoms with Gasteiger partial charge < -0.3 is 0 Å². The summed E-state index contributed by atoms with van der Waals surface area (Å²) in [7, 11) is 0. The highest BCUT2D eigenvalue weighted by molar-refractivity contribution is 6.18. The van der Waals surface area contributed by atoms with Crippen molar-refractivity contribution in [3.63, 3.8) is 0 Å². The molecule has 0 N–H and O–H groups in total. The van der Waals surface area contributed by atoms with Crippen LogP contribution >= 0.6 is 11.6 Å². The maximum Gasteiger partial charge on any atom is 0.252 e. The van der Waals surface area contributed by atoms with Crippen LogP contribution in [0, 0.1) is 5.92 Å². The van der Waals surface area contributed by atoms with Crippen molar-refractivity contribution in [2.75, 3.05) is 19.0 Å². The molecule has 2 rings (SSSR count). The van der Waals surface area contributed by atoms with E-state index in [1.54, 1.807) is 0 Å². The van der Waals surface area contributed by atoms with Gasteiger partial charge in [-0.15, -0.1) is 11.6 Å². The molecule has 1 saturated heterocycles. The molecule has 88 valence electrons. The summed E-state index contributed by atoms with van der Waals surface area (Å²) in [6, 6.07) is 0.336. The number of hydrogen-bond donors (Lipinski definition) is 0. The molecule has 1 heterocycles. The highest BCUT2D eigenvalue weighted by Gasteiger charge is 2.45. The Morgan fingerprint density at radius 1 is 1.27 bits per heavy atom. The summed E-state index contributed by atoms with van der Waals surface area (Å²) in [5.41, 5.74) is 0. The second-order valence-corrected chi connectivity index (χ2v) is 5.10. The fourth-order valence-electron chi connectivity index (χ4n) is 2.82. The Hall–Kier alpha value is 0.110. The monoisotopic (exact) mass is 237 g/mol. The lowest BCUT2D eigenvalue weighted by atomic mass is 10.0. The van der Waals surface area contributed by atoms with E-state index in [1.165, 1.54) is 0 Å². The molecule has 2 unspecified atom stereocenters. The molecule has 0 radical (unpaired) electrons. The van der Waals surface area contributed by atoms with E-state index in [-0.39, 0.29) is 6.42 Å². The Kier molecular flexibility index (Phi) is 3.51. The number of rotatable bonds is 3. The third-order valence-corrected chi connectivity index (χ3v) is 4.15. The van der Waals surface area contributed by atoms with E-state index >= 15 is 0 Å². The van der Waals surface area contributed by atoms with Crippen LogP contribution < -0.4 is 0 Å². The maximum absolute atomic E-state index is 13.4. The molecule has 0 bridgehead atoms. The molecule has 0 aromatic carbocycles. The van der Waals surface area contributed by atoms with Crippen molar-refractivity contribution < 1.29 is 8.78 Å². The first-order valence-corrected chi connectivity index (χ1v) is 6.35. The lowest BCUT2D eigenvalue weighted by molar-refractivity contribution is -0.0478. The van der Waals surface area contributed by atoms with Crippen molar-refractivity contribution in [1.82, 2.24) is 4.90 Å². The van der Waals surface area contributed by atoms with Gasteiger partial charge in [-0.2, -0.15) is 0 Å². The lowest BCUT2D eigenvalue weighted by Crippen LogP contribution is -2.39. The summed E-state index contributed by atoms with van der Waals surface area (Å²) in [6.07, 6.45) is 3.62. The molecule has 0 aromatic rings. The molecule has 2 fully saturated rings. The van der Waals surface area contributed by atoms with E-state index in [0.29, 0.717) is 31.3 Å². The Labute approximate surface area is 94.8 Å². The smallest absolute Gasteiger partial charge is 0.252 e. The van der Waals surface area contributed by atoms with Crippen molar-refractivity contribution >= 4 is 11.6 Å². The van der Waals surface area contributed by atoms with Crippen LogP contribution in [0.5, 0.6) is 0 Å². The van der Waals surface area contributed by atoms with Crippen LogP contribution in [0.2, 0.25) is 0 Å². The van der Waals surface area contributed by atoms with Gasteiger partial charge in [-0.3, -0.25) is 4.90 Å². The minimum Gasteiger partial charge on any atom is -0.299 e. The normalized spacial score (nSPS) is 36.2. The zero-order valence-corrected chi connectivity index (χ0v) is 9.65. The highest BCUT2D eigenvalue weighted by Crippen LogP contribution is 2.41. The fraction of sp³-hybridized carbons (Fsp3) is 1.00. The summed E-state index contributed by atoms with van der Waals surface area (Å²) in [6.45, 7) is 1.49. The molecule has 0 spiro atoms. The molecular formula is C11H18ClF2N. The van der Waals surface area contributed by atoms with Gasteiger partial charge in [0, 0.05) is 30.8 Å². The molecular weight excluding hydrogens is 220 g/mol. The fourth-order valence-corrected chi connectivity index (χ4v) is 3.17. The summed E-state index contributed by atoms with van der Waals surface area (Å²) < 4.78 is 26.9. The highest BCUT2D eigenvalue weighted by atomic mass is 35.5. The Morgan fingerprint density at radius 2 is 2.07 bits per heavy atom. The van der Waals surface area contributed by atoms with Crippen LogP contribution in [-0.4, -0.2) is 35.8 Å². The Balaban J connectivity index is 1.91. The van der Waals surface area contributed by atoms with E-state index in [0.717, 1.165) is 19.4 Å². The summed E-state index contributed by atoms with van der Waals surface area (Å²) in [4.78, 5) is 2.16. The van der Waals surface area contributed by atoms with Gasteiger partial charge in [0.25, 0.3) is 5.92 Å². The lowest BCUT2D eigenvalue weighted by Gasteiger charge is -2.28. The van der Waals surface area contributed by atoms with Crippen molar-refractivity contribution in [1.29, 1.82) is 0 Å². The van der Waals surface area contributed by atoms with Crippen LogP contribution in [-0.2, 0) is 0 Å². The molecule has 1 aliphatic heterocycles. The maximum atomic E-state index is 13.4. The molecule has 1 nitrogen and oxygen atoms in total. The minimum absolute atomic E-state index is 0.0804. The number of hydrogen-bond acceptors (Lipinski definition) is 1. The molecule has 0 aromatic heterocycles. The Bertz CT molecular complexity index is 223. The van der Waals surface area contributed by atoms with Crippen LogP contribution in [0.15, 0.2) is 0 Å². The average Bonchev–Trinajstić information content (AvgIpc) is 2.74. The van der Waals surface area contributed by atoms with E-state index in [4.69, 9.17) is 11.6 Å². The van der Waals surface area contributed by atoms with Crippen molar-refractivity contribution in [3.8, 4) is 0 Å². The van der Waals surface area contributed by atoms with E-state index in [9.17, 15) is 8.78 Å². The quantitative estimate of drug-likeness (QED) is 0.682. The molecule has 4 heteroatoms. The number of halogens is 3. The van der Waals surface area contributed by atoms with Gasteiger partial charge in [-0.1, -0.05) is 0 Å².